The van der Waals surface area contributed by atoms with Gasteiger partial charge in [0.15, 0.2) is 17.3 Å². The number of para-hydroxylation sites is 1. The van der Waals surface area contributed by atoms with Crippen LogP contribution in [0, 0.1) is 0 Å². The van der Waals surface area contributed by atoms with Crippen molar-refractivity contribution >= 4 is 33.4 Å². The van der Waals surface area contributed by atoms with Crippen molar-refractivity contribution in [2.24, 2.45) is 7.05 Å². The van der Waals surface area contributed by atoms with E-state index in [-0.39, 0.29) is 5.78 Å². The lowest BCUT2D eigenvalue weighted by molar-refractivity contribution is 0.104. The molecule has 1 aromatic heterocycles. The number of ketones is 1. The second-order valence-corrected chi connectivity index (χ2v) is 7.01. The number of nitrogens with zero attached hydrogens (tertiary/aromatic N) is 1. The van der Waals surface area contributed by atoms with Gasteiger partial charge in [0.25, 0.3) is 0 Å². The predicted molar refractivity (Wildman–Crippen MR) is 115 cm³/mol. The summed E-state index contributed by atoms with van der Waals surface area (Å²) in [5.74, 6) is 1.58. The van der Waals surface area contributed by atoms with Crippen LogP contribution in [0.2, 0.25) is 0 Å². The van der Waals surface area contributed by atoms with Gasteiger partial charge in [-0.25, -0.2) is 0 Å². The molecule has 0 aliphatic heterocycles. The van der Waals surface area contributed by atoms with Gasteiger partial charge < -0.3 is 18.8 Å². The van der Waals surface area contributed by atoms with E-state index in [0.29, 0.717) is 22.8 Å². The number of hydrogen-bond acceptors (Lipinski definition) is 5. The molecular weight excluding hydrogens is 374 g/mol. The molecule has 3 aromatic rings. The van der Waals surface area contributed by atoms with Crippen LogP contribution in [-0.2, 0) is 7.05 Å². The summed E-state index contributed by atoms with van der Waals surface area (Å²) in [5, 5.41) is 0.941. The van der Waals surface area contributed by atoms with E-state index in [2.05, 4.69) is 0 Å². The van der Waals surface area contributed by atoms with Crippen LogP contribution in [0.5, 0.6) is 17.2 Å². The van der Waals surface area contributed by atoms with Gasteiger partial charge in [0, 0.05) is 40.7 Å². The monoisotopic (exact) mass is 397 g/mol. The molecule has 1 heterocycles. The van der Waals surface area contributed by atoms with E-state index in [1.807, 2.05) is 60.5 Å². The first kappa shape index (κ1) is 19.9. The number of thioether (sulfide) groups is 1. The van der Waals surface area contributed by atoms with Crippen LogP contribution in [0.4, 0.5) is 0 Å². The lowest BCUT2D eigenvalue weighted by Crippen LogP contribution is -1.98. The molecule has 2 aromatic carbocycles. The molecular formula is C22H23NO4S. The van der Waals surface area contributed by atoms with Gasteiger partial charge in [-0.1, -0.05) is 18.2 Å². The predicted octanol–water partition coefficient (Wildman–Crippen LogP) is 4.79. The Kier molecular flexibility index (Phi) is 5.99. The van der Waals surface area contributed by atoms with Crippen LogP contribution < -0.4 is 14.2 Å². The Labute approximate surface area is 168 Å². The Bertz CT molecular complexity index is 1030. The maximum absolute atomic E-state index is 13.1. The summed E-state index contributed by atoms with van der Waals surface area (Å²) >= 11 is 1.49. The van der Waals surface area contributed by atoms with Crippen LogP contribution in [0.15, 0.2) is 48.7 Å². The highest BCUT2D eigenvalue weighted by Gasteiger charge is 2.17. The lowest BCUT2D eigenvalue weighted by atomic mass is 10.1. The minimum absolute atomic E-state index is 0.0464. The van der Waals surface area contributed by atoms with Crippen LogP contribution >= 0.6 is 11.8 Å². The molecule has 0 spiro atoms. The molecule has 0 bridgehead atoms. The van der Waals surface area contributed by atoms with Gasteiger partial charge in [0.1, 0.15) is 0 Å². The number of fused-ring (bicyclic) bond motifs is 1. The zero-order chi connectivity index (χ0) is 20.3. The van der Waals surface area contributed by atoms with E-state index in [0.717, 1.165) is 21.4 Å². The quantitative estimate of drug-likeness (QED) is 0.424. The van der Waals surface area contributed by atoms with Gasteiger partial charge in [-0.05, 0) is 30.0 Å². The molecule has 6 heteroatoms. The first-order valence-corrected chi connectivity index (χ1v) is 9.91. The third-order valence-corrected chi connectivity index (χ3v) is 5.39. The van der Waals surface area contributed by atoms with Crippen molar-refractivity contribution in [3.8, 4) is 17.2 Å². The van der Waals surface area contributed by atoms with E-state index >= 15 is 0 Å². The summed E-state index contributed by atoms with van der Waals surface area (Å²) in [4.78, 5) is 13.9. The molecule has 0 saturated heterocycles. The van der Waals surface area contributed by atoms with Gasteiger partial charge in [-0.2, -0.15) is 0 Å². The fourth-order valence-corrected chi connectivity index (χ4v) is 3.80. The zero-order valence-corrected chi connectivity index (χ0v) is 17.4. The van der Waals surface area contributed by atoms with Gasteiger partial charge in [-0.15, -0.1) is 11.8 Å². The van der Waals surface area contributed by atoms with Crippen molar-refractivity contribution in [2.45, 2.75) is 0 Å². The minimum Gasteiger partial charge on any atom is -0.493 e. The second-order valence-electron chi connectivity index (χ2n) is 6.16. The molecule has 28 heavy (non-hydrogen) atoms. The molecule has 0 atom stereocenters. The smallest absolute Gasteiger partial charge is 0.203 e. The maximum Gasteiger partial charge on any atom is 0.203 e. The molecule has 0 aliphatic carbocycles. The maximum atomic E-state index is 13.1. The average molecular weight is 397 g/mol. The van der Waals surface area contributed by atoms with Gasteiger partial charge >= 0.3 is 0 Å². The van der Waals surface area contributed by atoms with Crippen molar-refractivity contribution in [2.75, 3.05) is 27.6 Å². The average Bonchev–Trinajstić information content (AvgIpc) is 3.07. The van der Waals surface area contributed by atoms with Crippen LogP contribution in [0.25, 0.3) is 15.8 Å². The van der Waals surface area contributed by atoms with E-state index in [1.54, 1.807) is 27.4 Å². The second kappa shape index (κ2) is 8.44. The molecule has 0 radical (unpaired) electrons. The summed E-state index contributed by atoms with van der Waals surface area (Å²) in [7, 11) is 6.66. The number of benzene rings is 2. The molecule has 0 saturated carbocycles. The largest absolute Gasteiger partial charge is 0.493 e. The number of ether oxygens (including phenoxy) is 3. The minimum atomic E-state index is -0.0464. The number of allylic oxidation sites excluding steroid dienone is 1. The standard InChI is InChI=1S/C22H23NO4S/c1-23-13-16(15-8-6-7-9-17(15)23)18(24)12-21(28-5)14-10-19(25-2)22(27-4)20(11-14)26-3/h6-13H,1-5H3/b21-12-. The molecule has 146 valence electrons. The molecule has 0 unspecified atom stereocenters. The van der Waals surface area contributed by atoms with E-state index < -0.39 is 0 Å². The van der Waals surface area contributed by atoms with Crippen molar-refractivity contribution in [3.63, 3.8) is 0 Å². The molecule has 0 amide bonds. The number of hydrogen-bond donors (Lipinski definition) is 0. The highest BCUT2D eigenvalue weighted by molar-refractivity contribution is 8.07. The summed E-state index contributed by atoms with van der Waals surface area (Å²) in [6.07, 6.45) is 5.47. The highest BCUT2D eigenvalue weighted by Crippen LogP contribution is 2.41. The number of aromatic nitrogens is 1. The fraction of sp³-hybridized carbons (Fsp3) is 0.227. The Morgan fingerprint density at radius 2 is 1.68 bits per heavy atom. The zero-order valence-electron chi connectivity index (χ0n) is 16.6. The third-order valence-electron chi connectivity index (χ3n) is 4.59. The van der Waals surface area contributed by atoms with Gasteiger partial charge in [0.05, 0.1) is 21.3 Å². The topological polar surface area (TPSA) is 49.7 Å². The Morgan fingerprint density at radius 3 is 2.25 bits per heavy atom. The van der Waals surface area contributed by atoms with E-state index in [1.165, 1.54) is 11.8 Å². The number of methoxy groups -OCH3 is 3. The summed E-state index contributed by atoms with van der Waals surface area (Å²) in [6.45, 7) is 0. The summed E-state index contributed by atoms with van der Waals surface area (Å²) in [6, 6.07) is 11.6. The Morgan fingerprint density at radius 1 is 1.04 bits per heavy atom. The van der Waals surface area contributed by atoms with Crippen LogP contribution in [0.3, 0.4) is 0 Å². The summed E-state index contributed by atoms with van der Waals surface area (Å²) < 4.78 is 18.2. The molecule has 3 rings (SSSR count). The van der Waals surface area contributed by atoms with Crippen molar-refractivity contribution in [3.05, 3.63) is 59.8 Å². The van der Waals surface area contributed by atoms with Gasteiger partial charge in [0.2, 0.25) is 5.75 Å². The third kappa shape index (κ3) is 3.60. The fourth-order valence-electron chi connectivity index (χ4n) is 3.22. The molecule has 0 fully saturated rings. The number of rotatable bonds is 7. The first-order valence-electron chi connectivity index (χ1n) is 8.68. The highest BCUT2D eigenvalue weighted by atomic mass is 32.2. The molecule has 0 N–H and O–H groups in total. The molecule has 5 nitrogen and oxygen atoms in total. The van der Waals surface area contributed by atoms with Crippen LogP contribution in [-0.4, -0.2) is 37.9 Å². The SMILES string of the molecule is COc1cc(/C(=C/C(=O)c2cn(C)c3ccccc23)SC)cc(OC)c1OC. The van der Waals surface area contributed by atoms with E-state index in [4.69, 9.17) is 14.2 Å². The number of carbonyl (C=O) groups is 1. The summed E-state index contributed by atoms with van der Waals surface area (Å²) in [5.41, 5.74) is 2.53. The Hall–Kier alpha value is -2.86. The number of aryl methyl sites for hydroxylation is 1. The van der Waals surface area contributed by atoms with Crippen LogP contribution in [0.1, 0.15) is 15.9 Å². The first-order chi connectivity index (χ1) is 13.5. The van der Waals surface area contributed by atoms with Crippen molar-refractivity contribution in [1.29, 1.82) is 0 Å². The van der Waals surface area contributed by atoms with E-state index in [9.17, 15) is 4.79 Å². The number of carbonyl (C=O) groups excluding carboxylic acids is 1. The Balaban J connectivity index is 2.08. The van der Waals surface area contributed by atoms with Crippen molar-refractivity contribution in [1.82, 2.24) is 4.57 Å². The lowest BCUT2D eigenvalue weighted by Gasteiger charge is -2.15. The normalized spacial score (nSPS) is 11.5. The van der Waals surface area contributed by atoms with Gasteiger partial charge in [-0.3, -0.25) is 4.79 Å². The van der Waals surface area contributed by atoms with Crippen molar-refractivity contribution < 1.29 is 19.0 Å². The molecule has 0 aliphatic rings.